The van der Waals surface area contributed by atoms with Crippen molar-refractivity contribution in [1.29, 1.82) is 0 Å². The monoisotopic (exact) mass is 281 g/mol. The third-order valence-electron chi connectivity index (χ3n) is 4.61. The van der Waals surface area contributed by atoms with Gasteiger partial charge in [0.15, 0.2) is 0 Å². The van der Waals surface area contributed by atoms with E-state index in [-0.39, 0.29) is 11.9 Å². The van der Waals surface area contributed by atoms with Gasteiger partial charge in [-0.25, -0.2) is 9.97 Å². The summed E-state index contributed by atoms with van der Waals surface area (Å²) in [6, 6.07) is 5.76. The molecule has 4 heteroatoms. The van der Waals surface area contributed by atoms with Gasteiger partial charge in [-0.15, -0.1) is 0 Å². The van der Waals surface area contributed by atoms with Gasteiger partial charge in [0.05, 0.1) is 22.4 Å². The summed E-state index contributed by atoms with van der Waals surface area (Å²) in [5.74, 6) is 1.16. The van der Waals surface area contributed by atoms with Crippen LogP contribution < -0.4 is 5.32 Å². The lowest BCUT2D eigenvalue weighted by molar-refractivity contribution is 0.0943. The zero-order valence-corrected chi connectivity index (χ0v) is 12.4. The summed E-state index contributed by atoms with van der Waals surface area (Å²) in [5.41, 5.74) is 4.80. The number of rotatable bonds is 2. The molecule has 0 saturated heterocycles. The molecule has 1 aromatic heterocycles. The number of hydrogen-bond acceptors (Lipinski definition) is 3. The van der Waals surface area contributed by atoms with Gasteiger partial charge >= 0.3 is 0 Å². The summed E-state index contributed by atoms with van der Waals surface area (Å²) < 4.78 is 0. The van der Waals surface area contributed by atoms with Gasteiger partial charge in [-0.3, -0.25) is 4.79 Å². The fraction of sp³-hybridized carbons (Fsp3) is 0.471. The standard InChI is InChI=1S/C17H19N3O/c1-9(2)18-17(21)12-5-6-13-14(8-12)20-16-11-4-3-10(7-11)15(16)19-13/h5-6,8-11H,3-4,7H2,1-2H3,(H,18,21). The second-order valence-electron chi connectivity index (χ2n) is 6.53. The zero-order valence-electron chi connectivity index (χ0n) is 12.4. The number of aromatic nitrogens is 2. The van der Waals surface area contributed by atoms with Crippen molar-refractivity contribution in [3.63, 3.8) is 0 Å². The lowest BCUT2D eigenvalue weighted by Gasteiger charge is -2.14. The van der Waals surface area contributed by atoms with E-state index in [1.807, 2.05) is 32.0 Å². The molecule has 1 N–H and O–H groups in total. The average molecular weight is 281 g/mol. The lowest BCUT2D eigenvalue weighted by atomic mass is 10.00. The Morgan fingerprint density at radius 2 is 1.81 bits per heavy atom. The van der Waals surface area contributed by atoms with Crippen LogP contribution in [0.25, 0.3) is 11.0 Å². The lowest BCUT2D eigenvalue weighted by Crippen LogP contribution is -2.30. The molecule has 2 unspecified atom stereocenters. The van der Waals surface area contributed by atoms with Crippen molar-refractivity contribution in [3.05, 3.63) is 35.2 Å². The highest BCUT2D eigenvalue weighted by Crippen LogP contribution is 2.51. The molecule has 2 aliphatic rings. The van der Waals surface area contributed by atoms with Gasteiger partial charge in [-0.2, -0.15) is 0 Å². The first-order valence-electron chi connectivity index (χ1n) is 7.74. The Balaban J connectivity index is 1.77. The highest BCUT2D eigenvalue weighted by atomic mass is 16.1. The molecule has 1 aromatic carbocycles. The second kappa shape index (κ2) is 4.52. The summed E-state index contributed by atoms with van der Waals surface area (Å²) >= 11 is 0. The van der Waals surface area contributed by atoms with E-state index in [2.05, 4.69) is 5.32 Å². The smallest absolute Gasteiger partial charge is 0.251 e. The largest absolute Gasteiger partial charge is 0.350 e. The molecule has 1 fully saturated rings. The Morgan fingerprint density at radius 3 is 2.48 bits per heavy atom. The highest BCUT2D eigenvalue weighted by Gasteiger charge is 2.39. The van der Waals surface area contributed by atoms with Crippen molar-refractivity contribution in [2.45, 2.75) is 51.0 Å². The van der Waals surface area contributed by atoms with Gasteiger partial charge < -0.3 is 5.32 Å². The molecule has 0 aliphatic heterocycles. The predicted octanol–water partition coefficient (Wildman–Crippen LogP) is 3.13. The van der Waals surface area contributed by atoms with E-state index in [1.54, 1.807) is 0 Å². The van der Waals surface area contributed by atoms with Crippen molar-refractivity contribution in [2.75, 3.05) is 0 Å². The molecule has 1 heterocycles. The van der Waals surface area contributed by atoms with Crippen molar-refractivity contribution < 1.29 is 4.79 Å². The van der Waals surface area contributed by atoms with Gasteiger partial charge in [0.1, 0.15) is 0 Å². The zero-order chi connectivity index (χ0) is 14.6. The van der Waals surface area contributed by atoms with Crippen LogP contribution in [0.1, 0.15) is 66.7 Å². The first-order valence-corrected chi connectivity index (χ1v) is 7.74. The Hall–Kier alpha value is -1.97. The van der Waals surface area contributed by atoms with Crippen molar-refractivity contribution in [2.24, 2.45) is 0 Å². The minimum absolute atomic E-state index is 0.0456. The molecule has 4 rings (SSSR count). The second-order valence-corrected chi connectivity index (χ2v) is 6.53. The van der Waals surface area contributed by atoms with Gasteiger partial charge in [0, 0.05) is 23.4 Å². The summed E-state index contributed by atoms with van der Waals surface area (Å²) in [5, 5.41) is 2.92. The van der Waals surface area contributed by atoms with Crippen LogP contribution >= 0.6 is 0 Å². The first-order chi connectivity index (χ1) is 10.1. The van der Waals surface area contributed by atoms with Crippen molar-refractivity contribution >= 4 is 16.9 Å². The Labute approximate surface area is 124 Å². The van der Waals surface area contributed by atoms with Crippen molar-refractivity contribution in [1.82, 2.24) is 15.3 Å². The van der Waals surface area contributed by atoms with Crippen molar-refractivity contribution in [3.8, 4) is 0 Å². The third-order valence-corrected chi connectivity index (χ3v) is 4.61. The number of benzene rings is 1. The minimum atomic E-state index is -0.0456. The molecule has 1 saturated carbocycles. The maximum atomic E-state index is 12.1. The third kappa shape index (κ3) is 2.01. The van der Waals surface area contributed by atoms with Crippen LogP contribution in [0.3, 0.4) is 0 Å². The fourth-order valence-electron chi connectivity index (χ4n) is 3.65. The Bertz CT molecular complexity index is 738. The number of carbonyl (C=O) groups excluding carboxylic acids is 1. The summed E-state index contributed by atoms with van der Waals surface area (Å²) in [4.78, 5) is 21.7. The van der Waals surface area contributed by atoms with Crippen LogP contribution in [0.2, 0.25) is 0 Å². The number of hydrogen-bond donors (Lipinski definition) is 1. The molecule has 2 aromatic rings. The topological polar surface area (TPSA) is 54.9 Å². The first kappa shape index (κ1) is 12.7. The summed E-state index contributed by atoms with van der Waals surface area (Å²) in [6.45, 7) is 3.92. The predicted molar refractivity (Wildman–Crippen MR) is 81.5 cm³/mol. The van der Waals surface area contributed by atoms with Crippen LogP contribution in [0.4, 0.5) is 0 Å². The average Bonchev–Trinajstić information content (AvgIpc) is 3.05. The van der Waals surface area contributed by atoms with E-state index in [0.29, 0.717) is 17.4 Å². The van der Waals surface area contributed by atoms with Gasteiger partial charge in [-0.1, -0.05) is 0 Å². The van der Waals surface area contributed by atoms with Gasteiger partial charge in [-0.05, 0) is 51.3 Å². The molecule has 1 amide bonds. The molecule has 0 spiro atoms. The van der Waals surface area contributed by atoms with Crippen LogP contribution in [-0.4, -0.2) is 21.9 Å². The quantitative estimate of drug-likeness (QED) is 0.920. The molecule has 2 atom stereocenters. The Morgan fingerprint density at radius 1 is 1.14 bits per heavy atom. The summed E-state index contributed by atoms with van der Waals surface area (Å²) in [6.07, 6.45) is 3.71. The van der Waals surface area contributed by atoms with E-state index in [1.165, 1.54) is 30.7 Å². The maximum Gasteiger partial charge on any atom is 0.251 e. The number of amides is 1. The fourth-order valence-corrected chi connectivity index (χ4v) is 3.65. The minimum Gasteiger partial charge on any atom is -0.350 e. The molecule has 4 nitrogen and oxygen atoms in total. The van der Waals surface area contributed by atoms with E-state index in [9.17, 15) is 4.79 Å². The van der Waals surface area contributed by atoms with Crippen LogP contribution in [0.5, 0.6) is 0 Å². The molecule has 2 aliphatic carbocycles. The molecular weight excluding hydrogens is 262 g/mol. The number of fused-ring (bicyclic) bond motifs is 6. The van der Waals surface area contributed by atoms with Crippen LogP contribution in [0, 0.1) is 0 Å². The number of nitrogens with zero attached hydrogens (tertiary/aromatic N) is 2. The SMILES string of the molecule is CC(C)NC(=O)c1ccc2nc3c(nc2c1)C1CCC3C1. The normalized spacial score (nSPS) is 22.8. The van der Waals surface area contributed by atoms with E-state index in [4.69, 9.17) is 9.97 Å². The number of carbonyl (C=O) groups is 1. The highest BCUT2D eigenvalue weighted by molar-refractivity contribution is 5.97. The number of nitrogens with one attached hydrogen (secondary N) is 1. The van der Waals surface area contributed by atoms with Crippen LogP contribution in [0.15, 0.2) is 18.2 Å². The molecular formula is C17H19N3O. The molecule has 21 heavy (non-hydrogen) atoms. The molecule has 2 bridgehead atoms. The molecule has 0 radical (unpaired) electrons. The Kier molecular flexibility index (Phi) is 2.74. The van der Waals surface area contributed by atoms with E-state index in [0.717, 1.165) is 11.0 Å². The van der Waals surface area contributed by atoms with Gasteiger partial charge in [0.25, 0.3) is 5.91 Å². The van der Waals surface area contributed by atoms with E-state index >= 15 is 0 Å². The summed E-state index contributed by atoms with van der Waals surface area (Å²) in [7, 11) is 0. The maximum absolute atomic E-state index is 12.1. The molecule has 108 valence electrons. The van der Waals surface area contributed by atoms with E-state index < -0.39 is 0 Å². The van der Waals surface area contributed by atoms with Crippen LogP contribution in [-0.2, 0) is 0 Å². The van der Waals surface area contributed by atoms with Gasteiger partial charge in [0.2, 0.25) is 0 Å².